The van der Waals surface area contributed by atoms with Crippen molar-refractivity contribution in [3.8, 4) is 11.1 Å². The van der Waals surface area contributed by atoms with E-state index in [1.807, 2.05) is 0 Å². The Labute approximate surface area is 108 Å². The minimum atomic E-state index is 1.10. The molecule has 0 heterocycles. The zero-order valence-electron chi connectivity index (χ0n) is 10.4. The number of hydrogen-bond donors (Lipinski definition) is 0. The molecular formula is C18H16. The van der Waals surface area contributed by atoms with Crippen molar-refractivity contribution in [2.45, 2.75) is 25.7 Å². The van der Waals surface area contributed by atoms with Crippen LogP contribution in [0.15, 0.2) is 48.5 Å². The summed E-state index contributed by atoms with van der Waals surface area (Å²) in [4.78, 5) is 0. The maximum absolute atomic E-state index is 2.41. The Hall–Kier alpha value is -1.82. The predicted molar refractivity (Wildman–Crippen MR) is 76.5 cm³/mol. The van der Waals surface area contributed by atoms with Gasteiger partial charge in [-0.25, -0.2) is 0 Å². The van der Waals surface area contributed by atoms with Gasteiger partial charge < -0.3 is 0 Å². The van der Waals surface area contributed by atoms with E-state index in [1.54, 1.807) is 5.57 Å². The first-order valence-corrected chi connectivity index (χ1v) is 6.82. The van der Waals surface area contributed by atoms with Gasteiger partial charge >= 0.3 is 0 Å². The van der Waals surface area contributed by atoms with E-state index in [4.69, 9.17) is 0 Å². The first-order chi connectivity index (χ1) is 8.92. The number of fused-ring (bicyclic) bond motifs is 3. The topological polar surface area (TPSA) is 0 Å². The van der Waals surface area contributed by atoms with Crippen LogP contribution in [0, 0.1) is 0 Å². The molecule has 2 aliphatic rings. The first-order valence-electron chi connectivity index (χ1n) is 6.82. The minimum absolute atomic E-state index is 1.10. The van der Waals surface area contributed by atoms with E-state index < -0.39 is 0 Å². The van der Waals surface area contributed by atoms with Gasteiger partial charge in [-0.15, -0.1) is 0 Å². The third kappa shape index (κ3) is 1.45. The zero-order chi connectivity index (χ0) is 11.9. The van der Waals surface area contributed by atoms with Gasteiger partial charge in [0.2, 0.25) is 0 Å². The second-order valence-corrected chi connectivity index (χ2v) is 5.33. The molecule has 0 spiro atoms. The second kappa shape index (κ2) is 3.84. The molecular weight excluding hydrogens is 216 g/mol. The molecule has 0 N–H and O–H groups in total. The van der Waals surface area contributed by atoms with Gasteiger partial charge in [0.25, 0.3) is 0 Å². The second-order valence-electron chi connectivity index (χ2n) is 5.33. The Morgan fingerprint density at radius 1 is 0.833 bits per heavy atom. The van der Waals surface area contributed by atoms with Crippen LogP contribution >= 0.6 is 0 Å². The highest BCUT2D eigenvalue weighted by atomic mass is 14.2. The minimum Gasteiger partial charge on any atom is -0.0807 e. The van der Waals surface area contributed by atoms with E-state index in [9.17, 15) is 0 Å². The van der Waals surface area contributed by atoms with Crippen LogP contribution in [0.5, 0.6) is 0 Å². The summed E-state index contributed by atoms with van der Waals surface area (Å²) in [5, 5.41) is 0. The van der Waals surface area contributed by atoms with Crippen LogP contribution in [0.25, 0.3) is 16.7 Å². The average molecular weight is 232 g/mol. The number of hydrogen-bond acceptors (Lipinski definition) is 0. The van der Waals surface area contributed by atoms with Gasteiger partial charge in [-0.2, -0.15) is 0 Å². The van der Waals surface area contributed by atoms with Crippen LogP contribution in [-0.4, -0.2) is 0 Å². The quantitative estimate of drug-likeness (QED) is 0.564. The van der Waals surface area contributed by atoms with Gasteiger partial charge in [0.15, 0.2) is 0 Å². The normalized spacial score (nSPS) is 16.3. The average Bonchev–Trinajstić information content (AvgIpc) is 3.05. The number of benzene rings is 2. The highest BCUT2D eigenvalue weighted by molar-refractivity contribution is 5.79. The highest BCUT2D eigenvalue weighted by Gasteiger charge is 2.18. The van der Waals surface area contributed by atoms with Crippen molar-refractivity contribution in [2.75, 3.05) is 0 Å². The summed E-state index contributed by atoms with van der Waals surface area (Å²) in [5.74, 6) is 0. The van der Waals surface area contributed by atoms with Crippen molar-refractivity contribution in [3.05, 3.63) is 65.2 Å². The first kappa shape index (κ1) is 10.1. The Bertz CT molecular complexity index is 647. The number of allylic oxidation sites excluding steroid dienone is 2. The van der Waals surface area contributed by atoms with Crippen molar-refractivity contribution in [1.82, 2.24) is 0 Å². The van der Waals surface area contributed by atoms with Crippen molar-refractivity contribution in [1.29, 1.82) is 0 Å². The molecule has 0 radical (unpaired) electrons. The van der Waals surface area contributed by atoms with Gasteiger partial charge in [0, 0.05) is 0 Å². The van der Waals surface area contributed by atoms with Crippen LogP contribution < -0.4 is 0 Å². The molecule has 0 heteroatoms. The molecule has 0 aromatic heterocycles. The van der Waals surface area contributed by atoms with E-state index >= 15 is 0 Å². The molecule has 0 amide bonds. The molecule has 88 valence electrons. The Morgan fingerprint density at radius 2 is 1.72 bits per heavy atom. The van der Waals surface area contributed by atoms with E-state index in [-0.39, 0.29) is 0 Å². The smallest absolute Gasteiger partial charge is 0.00132 e. The standard InChI is InChI=1S/C18H16/c1-2-6-13(5-1)14-9-10-18-16(11-14)12-15-7-3-4-8-17(15)18/h3-5,7-11H,1-2,6,12H2. The lowest BCUT2D eigenvalue weighted by Crippen LogP contribution is -1.85. The monoisotopic (exact) mass is 232 g/mol. The summed E-state index contributed by atoms with van der Waals surface area (Å²) >= 11 is 0. The summed E-state index contributed by atoms with van der Waals surface area (Å²) in [6.07, 6.45) is 7.35. The van der Waals surface area contributed by atoms with E-state index in [0.717, 1.165) is 6.42 Å². The molecule has 0 atom stereocenters. The number of rotatable bonds is 1. The maximum Gasteiger partial charge on any atom is -0.00132 e. The molecule has 4 rings (SSSR count). The van der Waals surface area contributed by atoms with E-state index in [1.165, 1.54) is 47.1 Å². The van der Waals surface area contributed by atoms with Crippen molar-refractivity contribution in [3.63, 3.8) is 0 Å². The Kier molecular flexibility index (Phi) is 2.16. The third-order valence-electron chi connectivity index (χ3n) is 4.21. The maximum atomic E-state index is 2.41. The summed E-state index contributed by atoms with van der Waals surface area (Å²) < 4.78 is 0. The van der Waals surface area contributed by atoms with Crippen LogP contribution in [0.4, 0.5) is 0 Å². The summed E-state index contributed by atoms with van der Waals surface area (Å²) in [6.45, 7) is 0. The SMILES string of the molecule is C1=C(c2ccc3c(c2)Cc2ccccc2-3)CCC1. The van der Waals surface area contributed by atoms with Crippen molar-refractivity contribution >= 4 is 5.57 Å². The van der Waals surface area contributed by atoms with Gasteiger partial charge in [-0.3, -0.25) is 0 Å². The Balaban J connectivity index is 1.81. The van der Waals surface area contributed by atoms with Crippen LogP contribution in [-0.2, 0) is 6.42 Å². The van der Waals surface area contributed by atoms with Gasteiger partial charge in [-0.05, 0) is 59.1 Å². The lowest BCUT2D eigenvalue weighted by Gasteiger charge is -2.06. The fourth-order valence-electron chi connectivity index (χ4n) is 3.28. The fraction of sp³-hybridized carbons (Fsp3) is 0.222. The fourth-order valence-corrected chi connectivity index (χ4v) is 3.28. The molecule has 0 nitrogen and oxygen atoms in total. The van der Waals surface area contributed by atoms with Gasteiger partial charge in [0.1, 0.15) is 0 Å². The molecule has 0 aliphatic heterocycles. The molecule has 2 aromatic rings. The molecule has 0 saturated carbocycles. The molecule has 18 heavy (non-hydrogen) atoms. The molecule has 2 aromatic carbocycles. The molecule has 0 unspecified atom stereocenters. The summed E-state index contributed by atoms with van der Waals surface area (Å²) in [6, 6.07) is 15.8. The zero-order valence-corrected chi connectivity index (χ0v) is 10.4. The highest BCUT2D eigenvalue weighted by Crippen LogP contribution is 2.38. The lowest BCUT2D eigenvalue weighted by molar-refractivity contribution is 0.935. The summed E-state index contributed by atoms with van der Waals surface area (Å²) in [5.41, 5.74) is 8.84. The van der Waals surface area contributed by atoms with Gasteiger partial charge in [-0.1, -0.05) is 48.5 Å². The van der Waals surface area contributed by atoms with Gasteiger partial charge in [0.05, 0.1) is 0 Å². The van der Waals surface area contributed by atoms with E-state index in [2.05, 4.69) is 48.5 Å². The van der Waals surface area contributed by atoms with Crippen LogP contribution in [0.3, 0.4) is 0 Å². The van der Waals surface area contributed by atoms with Crippen molar-refractivity contribution in [2.24, 2.45) is 0 Å². The van der Waals surface area contributed by atoms with E-state index in [0.29, 0.717) is 0 Å². The Morgan fingerprint density at radius 3 is 2.61 bits per heavy atom. The lowest BCUT2D eigenvalue weighted by atomic mass is 9.99. The summed E-state index contributed by atoms with van der Waals surface area (Å²) in [7, 11) is 0. The van der Waals surface area contributed by atoms with Crippen LogP contribution in [0.1, 0.15) is 36.0 Å². The van der Waals surface area contributed by atoms with Crippen LogP contribution in [0.2, 0.25) is 0 Å². The third-order valence-corrected chi connectivity index (χ3v) is 4.21. The molecule has 2 aliphatic carbocycles. The largest absolute Gasteiger partial charge is 0.0807 e. The molecule has 0 fully saturated rings. The predicted octanol–water partition coefficient (Wildman–Crippen LogP) is 4.83. The van der Waals surface area contributed by atoms with Crippen molar-refractivity contribution < 1.29 is 0 Å². The molecule has 0 bridgehead atoms. The molecule has 0 saturated heterocycles.